The first-order chi connectivity index (χ1) is 10.6. The van der Waals surface area contributed by atoms with Crippen molar-refractivity contribution in [3.05, 3.63) is 65.1 Å². The molecule has 6 heteroatoms. The van der Waals surface area contributed by atoms with Gasteiger partial charge in [-0.25, -0.2) is 4.39 Å². The third kappa shape index (κ3) is 1.74. The summed E-state index contributed by atoms with van der Waals surface area (Å²) in [6, 6.07) is 10.7. The summed E-state index contributed by atoms with van der Waals surface area (Å²) >= 11 is 0. The maximum Gasteiger partial charge on any atom is 0.261 e. The molecule has 1 aliphatic heterocycles. The van der Waals surface area contributed by atoms with Crippen LogP contribution in [-0.4, -0.2) is 21.9 Å². The van der Waals surface area contributed by atoms with Gasteiger partial charge >= 0.3 is 0 Å². The molecule has 0 spiro atoms. The van der Waals surface area contributed by atoms with Crippen LogP contribution >= 0.6 is 0 Å². The average Bonchev–Trinajstić information content (AvgIpc) is 3.02. The molecule has 0 saturated heterocycles. The number of amides is 2. The number of carbonyl (C=O) groups is 2. The Morgan fingerprint density at radius 3 is 2.41 bits per heavy atom. The monoisotopic (exact) mass is 296 g/mol. The lowest BCUT2D eigenvalue weighted by atomic mass is 10.1. The van der Waals surface area contributed by atoms with E-state index in [0.717, 1.165) is 4.90 Å². The first-order valence-electron chi connectivity index (χ1n) is 6.64. The molecule has 0 saturated carbocycles. The summed E-state index contributed by atoms with van der Waals surface area (Å²) in [4.78, 5) is 25.7. The number of benzene rings is 2. The molecule has 0 aliphatic carbocycles. The summed E-state index contributed by atoms with van der Waals surface area (Å²) in [6.07, 6.45) is 0. The molecule has 2 amide bonds. The van der Waals surface area contributed by atoms with Gasteiger partial charge in [0.25, 0.3) is 11.8 Å². The lowest BCUT2D eigenvalue weighted by molar-refractivity contribution is 0.0640. The lowest BCUT2D eigenvalue weighted by Crippen LogP contribution is -2.29. The Kier molecular flexibility index (Phi) is 2.59. The SMILES string of the molecule is O=C1c2ccccc2C(=O)N1Cc1noc2cc(F)ccc12. The van der Waals surface area contributed by atoms with Crippen LogP contribution in [0.2, 0.25) is 0 Å². The molecule has 0 N–H and O–H groups in total. The van der Waals surface area contributed by atoms with Crippen LogP contribution in [0.25, 0.3) is 11.0 Å². The van der Waals surface area contributed by atoms with Crippen molar-refractivity contribution in [3.8, 4) is 0 Å². The van der Waals surface area contributed by atoms with Crippen molar-refractivity contribution in [2.24, 2.45) is 0 Å². The van der Waals surface area contributed by atoms with E-state index in [9.17, 15) is 14.0 Å². The number of carbonyl (C=O) groups excluding carboxylic acids is 2. The van der Waals surface area contributed by atoms with E-state index >= 15 is 0 Å². The zero-order chi connectivity index (χ0) is 15.3. The van der Waals surface area contributed by atoms with E-state index in [-0.39, 0.29) is 23.9 Å². The molecule has 0 atom stereocenters. The van der Waals surface area contributed by atoms with Crippen LogP contribution < -0.4 is 0 Å². The Bertz CT molecular complexity index is 897. The fourth-order valence-corrected chi connectivity index (χ4v) is 2.61. The summed E-state index contributed by atoms with van der Waals surface area (Å²) in [5.74, 6) is -1.16. The Hall–Kier alpha value is -3.02. The summed E-state index contributed by atoms with van der Waals surface area (Å²) < 4.78 is 18.2. The molecule has 5 nitrogen and oxygen atoms in total. The number of imide groups is 1. The number of hydrogen-bond donors (Lipinski definition) is 0. The van der Waals surface area contributed by atoms with Crippen molar-refractivity contribution in [1.82, 2.24) is 10.1 Å². The Morgan fingerprint density at radius 1 is 1.05 bits per heavy atom. The van der Waals surface area contributed by atoms with Crippen LogP contribution in [-0.2, 0) is 6.54 Å². The molecule has 2 heterocycles. The molecular weight excluding hydrogens is 287 g/mol. The van der Waals surface area contributed by atoms with Crippen molar-refractivity contribution in [1.29, 1.82) is 0 Å². The van der Waals surface area contributed by atoms with Crippen molar-refractivity contribution in [2.75, 3.05) is 0 Å². The molecule has 2 aromatic carbocycles. The van der Waals surface area contributed by atoms with Gasteiger partial charge in [-0.05, 0) is 24.3 Å². The maximum absolute atomic E-state index is 13.1. The highest BCUT2D eigenvalue weighted by molar-refractivity contribution is 6.21. The zero-order valence-corrected chi connectivity index (χ0v) is 11.2. The van der Waals surface area contributed by atoms with Gasteiger partial charge in [-0.15, -0.1) is 0 Å². The van der Waals surface area contributed by atoms with Crippen LogP contribution in [0.3, 0.4) is 0 Å². The predicted octanol–water partition coefficient (Wildman–Crippen LogP) is 2.76. The molecule has 1 aliphatic rings. The summed E-state index contributed by atoms with van der Waals surface area (Å²) in [6.45, 7) is -0.00895. The van der Waals surface area contributed by atoms with E-state index < -0.39 is 5.82 Å². The van der Waals surface area contributed by atoms with Gasteiger partial charge in [-0.2, -0.15) is 0 Å². The zero-order valence-electron chi connectivity index (χ0n) is 11.2. The topological polar surface area (TPSA) is 63.4 Å². The van der Waals surface area contributed by atoms with Gasteiger partial charge in [0.1, 0.15) is 11.5 Å². The van der Waals surface area contributed by atoms with Gasteiger partial charge < -0.3 is 4.52 Å². The number of nitrogens with zero attached hydrogens (tertiary/aromatic N) is 2. The van der Waals surface area contributed by atoms with Gasteiger partial charge in [-0.3, -0.25) is 14.5 Å². The van der Waals surface area contributed by atoms with Crippen LogP contribution in [0.15, 0.2) is 47.0 Å². The normalized spacial score (nSPS) is 14.0. The fourth-order valence-electron chi connectivity index (χ4n) is 2.61. The fraction of sp³-hybridized carbons (Fsp3) is 0.0625. The summed E-state index contributed by atoms with van der Waals surface area (Å²) in [5, 5.41) is 4.43. The Labute approximate surface area is 123 Å². The molecule has 4 rings (SSSR count). The van der Waals surface area contributed by atoms with Gasteiger partial charge in [0, 0.05) is 11.5 Å². The molecule has 3 aromatic rings. The standard InChI is InChI=1S/C16H9FN2O3/c17-9-5-6-12-13(18-22-14(12)7-9)8-19-15(20)10-3-1-2-4-11(10)16(19)21/h1-7H,8H2. The first-order valence-corrected chi connectivity index (χ1v) is 6.64. The van der Waals surface area contributed by atoms with Gasteiger partial charge in [0.15, 0.2) is 5.58 Å². The van der Waals surface area contributed by atoms with E-state index in [1.54, 1.807) is 24.3 Å². The Morgan fingerprint density at radius 2 is 1.73 bits per heavy atom. The van der Waals surface area contributed by atoms with Crippen molar-refractivity contribution >= 4 is 22.8 Å². The van der Waals surface area contributed by atoms with Gasteiger partial charge in [0.2, 0.25) is 0 Å². The highest BCUT2D eigenvalue weighted by atomic mass is 19.1. The van der Waals surface area contributed by atoms with E-state index in [4.69, 9.17) is 4.52 Å². The minimum absolute atomic E-state index is 0.00895. The smallest absolute Gasteiger partial charge is 0.261 e. The molecule has 1 aromatic heterocycles. The second kappa shape index (κ2) is 4.49. The molecule has 0 fully saturated rings. The second-order valence-corrected chi connectivity index (χ2v) is 5.01. The quantitative estimate of drug-likeness (QED) is 0.682. The summed E-state index contributed by atoms with van der Waals surface area (Å²) in [7, 11) is 0. The van der Waals surface area contributed by atoms with Crippen LogP contribution in [0, 0.1) is 5.82 Å². The molecule has 22 heavy (non-hydrogen) atoms. The number of aromatic nitrogens is 1. The molecule has 0 radical (unpaired) electrons. The second-order valence-electron chi connectivity index (χ2n) is 5.01. The lowest BCUT2D eigenvalue weighted by Gasteiger charge is -2.11. The van der Waals surface area contributed by atoms with Crippen molar-refractivity contribution < 1.29 is 18.5 Å². The van der Waals surface area contributed by atoms with Crippen LogP contribution in [0.1, 0.15) is 26.4 Å². The maximum atomic E-state index is 13.1. The van der Waals surface area contributed by atoms with E-state index in [1.165, 1.54) is 18.2 Å². The molecule has 0 bridgehead atoms. The Balaban J connectivity index is 1.72. The predicted molar refractivity (Wildman–Crippen MR) is 74.6 cm³/mol. The van der Waals surface area contributed by atoms with Crippen molar-refractivity contribution in [3.63, 3.8) is 0 Å². The minimum Gasteiger partial charge on any atom is -0.356 e. The first kappa shape index (κ1) is 12.7. The molecule has 108 valence electrons. The molecular formula is C16H9FN2O3. The number of rotatable bonds is 2. The van der Waals surface area contributed by atoms with Gasteiger partial charge in [-0.1, -0.05) is 17.3 Å². The van der Waals surface area contributed by atoms with Crippen molar-refractivity contribution in [2.45, 2.75) is 6.54 Å². The van der Waals surface area contributed by atoms with E-state index in [0.29, 0.717) is 22.2 Å². The number of fused-ring (bicyclic) bond motifs is 2. The van der Waals surface area contributed by atoms with Crippen LogP contribution in [0.5, 0.6) is 0 Å². The minimum atomic E-state index is -0.434. The van der Waals surface area contributed by atoms with E-state index in [2.05, 4.69) is 5.16 Å². The molecule has 0 unspecified atom stereocenters. The van der Waals surface area contributed by atoms with Gasteiger partial charge in [0.05, 0.1) is 17.7 Å². The van der Waals surface area contributed by atoms with Crippen LogP contribution in [0.4, 0.5) is 4.39 Å². The number of halogens is 1. The largest absolute Gasteiger partial charge is 0.356 e. The highest BCUT2D eigenvalue weighted by Crippen LogP contribution is 2.26. The summed E-state index contributed by atoms with van der Waals surface area (Å²) in [5.41, 5.74) is 1.47. The van der Waals surface area contributed by atoms with E-state index in [1.807, 2.05) is 0 Å². The number of hydrogen-bond acceptors (Lipinski definition) is 4. The third-order valence-electron chi connectivity index (χ3n) is 3.69. The average molecular weight is 296 g/mol. The third-order valence-corrected chi connectivity index (χ3v) is 3.69. The highest BCUT2D eigenvalue weighted by Gasteiger charge is 2.35.